The van der Waals surface area contributed by atoms with E-state index < -0.39 is 0 Å². The van der Waals surface area contributed by atoms with Crippen molar-refractivity contribution in [2.24, 2.45) is 11.8 Å². The van der Waals surface area contributed by atoms with Crippen molar-refractivity contribution in [2.75, 3.05) is 18.4 Å². The van der Waals surface area contributed by atoms with Crippen molar-refractivity contribution in [2.45, 2.75) is 51.9 Å². The Morgan fingerprint density at radius 1 is 1.41 bits per heavy atom. The van der Waals surface area contributed by atoms with E-state index in [1.54, 1.807) is 11.3 Å². The number of halogens is 1. The van der Waals surface area contributed by atoms with Gasteiger partial charge in [0.25, 0.3) is 0 Å². The molecule has 1 aromatic rings. The maximum atomic E-state index is 12.2. The van der Waals surface area contributed by atoms with Gasteiger partial charge in [-0.1, -0.05) is 6.92 Å². The van der Waals surface area contributed by atoms with E-state index in [1.807, 2.05) is 0 Å². The molecule has 0 spiro atoms. The summed E-state index contributed by atoms with van der Waals surface area (Å²) in [5, 5.41) is 7.25. The van der Waals surface area contributed by atoms with Crippen molar-refractivity contribution >= 4 is 34.8 Å². The Balaban J connectivity index is 0.00000176. The van der Waals surface area contributed by atoms with E-state index in [0.29, 0.717) is 18.3 Å². The van der Waals surface area contributed by atoms with Crippen LogP contribution in [0.5, 0.6) is 0 Å². The minimum atomic E-state index is 0. The molecule has 4 nitrogen and oxygen atoms in total. The third-order valence-electron chi connectivity index (χ3n) is 4.74. The first kappa shape index (κ1) is 17.7. The fourth-order valence-electron chi connectivity index (χ4n) is 3.40. The molecule has 2 atom stereocenters. The molecule has 1 aromatic heterocycles. The van der Waals surface area contributed by atoms with E-state index >= 15 is 0 Å². The van der Waals surface area contributed by atoms with Crippen LogP contribution >= 0.6 is 23.7 Å². The molecule has 1 fully saturated rings. The Labute approximate surface area is 142 Å². The highest BCUT2D eigenvalue weighted by atomic mass is 35.5. The molecule has 2 N–H and O–H groups in total. The predicted molar refractivity (Wildman–Crippen MR) is 94.0 cm³/mol. The quantitative estimate of drug-likeness (QED) is 0.880. The number of nitrogens with one attached hydrogen (secondary N) is 2. The SMILES string of the molecule is CC(CC(=O)Nc1nc2c(s1)CCCC2)C1CCCNC1.Cl. The number of aromatic nitrogens is 1. The Kier molecular flexibility index (Phi) is 6.66. The van der Waals surface area contributed by atoms with E-state index in [-0.39, 0.29) is 18.3 Å². The summed E-state index contributed by atoms with van der Waals surface area (Å²) < 4.78 is 0. The summed E-state index contributed by atoms with van der Waals surface area (Å²) in [5.74, 6) is 1.19. The third kappa shape index (κ3) is 4.43. The first-order valence-electron chi connectivity index (χ1n) is 8.21. The van der Waals surface area contributed by atoms with Gasteiger partial charge in [0.05, 0.1) is 5.69 Å². The van der Waals surface area contributed by atoms with Gasteiger partial charge in [0.1, 0.15) is 0 Å². The molecule has 1 saturated heterocycles. The Bertz CT molecular complexity index is 476. The number of carbonyl (C=O) groups excluding carboxylic acids is 1. The summed E-state index contributed by atoms with van der Waals surface area (Å²) in [5.41, 5.74) is 1.21. The Morgan fingerprint density at radius 3 is 2.95 bits per heavy atom. The highest BCUT2D eigenvalue weighted by Crippen LogP contribution is 2.30. The fraction of sp³-hybridized carbons (Fsp3) is 0.750. The number of carbonyl (C=O) groups is 1. The van der Waals surface area contributed by atoms with Crippen LogP contribution in [0.3, 0.4) is 0 Å². The number of aryl methyl sites for hydroxylation is 2. The zero-order valence-corrected chi connectivity index (χ0v) is 14.8. The van der Waals surface area contributed by atoms with Crippen LogP contribution < -0.4 is 10.6 Å². The van der Waals surface area contributed by atoms with Crippen LogP contribution in [0.15, 0.2) is 0 Å². The second-order valence-corrected chi connectivity index (χ2v) is 7.52. The van der Waals surface area contributed by atoms with Gasteiger partial charge in [-0.25, -0.2) is 4.98 Å². The van der Waals surface area contributed by atoms with Crippen molar-refractivity contribution in [3.8, 4) is 0 Å². The zero-order valence-electron chi connectivity index (χ0n) is 13.2. The van der Waals surface area contributed by atoms with Crippen LogP contribution in [-0.4, -0.2) is 24.0 Å². The molecule has 1 amide bonds. The standard InChI is InChI=1S/C16H25N3OS.ClH/c1-11(12-5-4-8-17-10-12)9-15(20)19-16-18-13-6-2-3-7-14(13)21-16;/h11-12,17H,2-10H2,1H3,(H,18,19,20);1H. The summed E-state index contributed by atoms with van der Waals surface area (Å²) in [4.78, 5) is 18.2. The van der Waals surface area contributed by atoms with E-state index in [0.717, 1.165) is 31.1 Å². The molecular formula is C16H26ClN3OS. The first-order chi connectivity index (χ1) is 10.2. The van der Waals surface area contributed by atoms with Crippen LogP contribution in [0.4, 0.5) is 5.13 Å². The van der Waals surface area contributed by atoms with E-state index in [2.05, 4.69) is 22.5 Å². The van der Waals surface area contributed by atoms with E-state index in [4.69, 9.17) is 0 Å². The molecule has 1 aliphatic carbocycles. The van der Waals surface area contributed by atoms with E-state index in [1.165, 1.54) is 36.3 Å². The molecule has 124 valence electrons. The normalized spacial score (nSPS) is 22.3. The average Bonchev–Trinajstić information content (AvgIpc) is 2.90. The lowest BCUT2D eigenvalue weighted by molar-refractivity contribution is -0.117. The molecule has 3 rings (SSSR count). The fourth-order valence-corrected chi connectivity index (χ4v) is 4.47. The van der Waals surface area contributed by atoms with Crippen LogP contribution in [0.2, 0.25) is 0 Å². The van der Waals surface area contributed by atoms with Gasteiger partial charge in [-0.3, -0.25) is 4.79 Å². The van der Waals surface area contributed by atoms with Crippen molar-refractivity contribution in [1.82, 2.24) is 10.3 Å². The summed E-state index contributed by atoms with van der Waals surface area (Å²) in [6, 6.07) is 0. The van der Waals surface area contributed by atoms with Crippen LogP contribution in [-0.2, 0) is 17.6 Å². The van der Waals surface area contributed by atoms with Crippen LogP contribution in [0.1, 0.15) is 49.6 Å². The van der Waals surface area contributed by atoms with Gasteiger partial charge in [-0.15, -0.1) is 23.7 Å². The van der Waals surface area contributed by atoms with Gasteiger partial charge >= 0.3 is 0 Å². The average molecular weight is 344 g/mol. The van der Waals surface area contributed by atoms with Gasteiger partial charge in [0, 0.05) is 11.3 Å². The number of hydrogen-bond donors (Lipinski definition) is 2. The Morgan fingerprint density at radius 2 is 2.23 bits per heavy atom. The molecular weight excluding hydrogens is 318 g/mol. The summed E-state index contributed by atoms with van der Waals surface area (Å²) in [6.07, 6.45) is 7.78. The molecule has 6 heteroatoms. The van der Waals surface area contributed by atoms with Gasteiger partial charge < -0.3 is 10.6 Å². The number of thiazole rings is 1. The maximum Gasteiger partial charge on any atom is 0.226 e. The number of fused-ring (bicyclic) bond motifs is 1. The van der Waals surface area contributed by atoms with Crippen molar-refractivity contribution in [1.29, 1.82) is 0 Å². The van der Waals surface area contributed by atoms with Crippen molar-refractivity contribution < 1.29 is 4.79 Å². The van der Waals surface area contributed by atoms with Crippen LogP contribution in [0, 0.1) is 11.8 Å². The topological polar surface area (TPSA) is 54.0 Å². The molecule has 22 heavy (non-hydrogen) atoms. The van der Waals surface area contributed by atoms with Crippen LogP contribution in [0.25, 0.3) is 0 Å². The summed E-state index contributed by atoms with van der Waals surface area (Å²) >= 11 is 1.67. The number of rotatable bonds is 4. The smallest absolute Gasteiger partial charge is 0.226 e. The van der Waals surface area contributed by atoms with Gasteiger partial charge in [0.2, 0.25) is 5.91 Å². The minimum Gasteiger partial charge on any atom is -0.316 e. The number of hydrogen-bond acceptors (Lipinski definition) is 4. The molecule has 2 unspecified atom stereocenters. The lowest BCUT2D eigenvalue weighted by atomic mass is 9.85. The predicted octanol–water partition coefficient (Wildman–Crippen LogP) is 3.41. The summed E-state index contributed by atoms with van der Waals surface area (Å²) in [7, 11) is 0. The summed E-state index contributed by atoms with van der Waals surface area (Å²) in [6.45, 7) is 4.38. The lowest BCUT2D eigenvalue weighted by Gasteiger charge is -2.27. The number of amides is 1. The van der Waals surface area contributed by atoms with E-state index in [9.17, 15) is 4.79 Å². The monoisotopic (exact) mass is 343 g/mol. The van der Waals surface area contributed by atoms with Gasteiger partial charge in [-0.2, -0.15) is 0 Å². The largest absolute Gasteiger partial charge is 0.316 e. The molecule has 2 aliphatic rings. The molecule has 0 aromatic carbocycles. The molecule has 2 heterocycles. The van der Waals surface area contributed by atoms with Gasteiger partial charge in [0.15, 0.2) is 5.13 Å². The Hall–Kier alpha value is -0.650. The number of piperidine rings is 1. The van der Waals surface area contributed by atoms with Crippen molar-refractivity contribution in [3.63, 3.8) is 0 Å². The molecule has 0 bridgehead atoms. The molecule has 0 radical (unpaired) electrons. The van der Waals surface area contributed by atoms with Crippen molar-refractivity contribution in [3.05, 3.63) is 10.6 Å². The lowest BCUT2D eigenvalue weighted by Crippen LogP contribution is -2.34. The highest BCUT2D eigenvalue weighted by molar-refractivity contribution is 7.15. The molecule has 0 saturated carbocycles. The second kappa shape index (κ2) is 8.27. The third-order valence-corrected chi connectivity index (χ3v) is 5.81. The number of anilines is 1. The van der Waals surface area contributed by atoms with Gasteiger partial charge in [-0.05, 0) is 63.5 Å². The molecule has 1 aliphatic heterocycles. The first-order valence-corrected chi connectivity index (χ1v) is 9.03. The minimum absolute atomic E-state index is 0. The number of nitrogens with zero attached hydrogens (tertiary/aromatic N) is 1. The zero-order chi connectivity index (χ0) is 14.7. The maximum absolute atomic E-state index is 12.2. The second-order valence-electron chi connectivity index (χ2n) is 6.43. The highest BCUT2D eigenvalue weighted by Gasteiger charge is 2.23.